The molecule has 0 aliphatic rings. The lowest BCUT2D eigenvalue weighted by Crippen LogP contribution is -2.29. The van der Waals surface area contributed by atoms with Crippen LogP contribution in [0.15, 0.2) is 0 Å². The first-order valence-corrected chi connectivity index (χ1v) is 5.98. The van der Waals surface area contributed by atoms with Gasteiger partial charge in [0.05, 0.1) is 0 Å². The Kier molecular flexibility index (Phi) is 10.2. The number of hydrogen-bond donors (Lipinski definition) is 1. The van der Waals surface area contributed by atoms with Gasteiger partial charge in [-0.15, -0.1) is 11.8 Å². The summed E-state index contributed by atoms with van der Waals surface area (Å²) in [6.45, 7) is 7.51. The molecule has 1 N–H and O–H groups in total. The van der Waals surface area contributed by atoms with E-state index in [1.54, 1.807) is 0 Å². The van der Waals surface area contributed by atoms with Gasteiger partial charge in [-0.3, -0.25) is 0 Å². The molecule has 0 aromatic rings. The fraction of sp³-hybridized carbons (Fsp3) is 0.846. The molecule has 0 amide bonds. The second-order valence-corrected chi connectivity index (χ2v) is 3.78. The maximum Gasteiger partial charge on any atom is 0.0243 e. The molecule has 14 heavy (non-hydrogen) atoms. The smallest absolute Gasteiger partial charge is 0.0243 e. The van der Waals surface area contributed by atoms with Crippen LogP contribution in [0, 0.1) is 11.8 Å². The predicted octanol–water partition coefficient (Wildman–Crippen LogP) is 3.35. The summed E-state index contributed by atoms with van der Waals surface area (Å²) >= 11 is 0. The molecule has 0 fully saturated rings. The Hall–Kier alpha value is -0.480. The number of nitrogens with one attached hydrogen (secondary N) is 1. The fourth-order valence-corrected chi connectivity index (χ4v) is 1.49. The zero-order valence-electron chi connectivity index (χ0n) is 10.0. The van der Waals surface area contributed by atoms with Gasteiger partial charge >= 0.3 is 0 Å². The van der Waals surface area contributed by atoms with Gasteiger partial charge in [-0.05, 0) is 26.3 Å². The lowest BCUT2D eigenvalue weighted by molar-refractivity contribution is 0.466. The SMILES string of the molecule is CC#CCC(CCCCC)NCCC. The van der Waals surface area contributed by atoms with E-state index in [-0.39, 0.29) is 0 Å². The second-order valence-electron chi connectivity index (χ2n) is 3.78. The highest BCUT2D eigenvalue weighted by molar-refractivity contribution is 4.98. The quantitative estimate of drug-likeness (QED) is 0.462. The molecule has 0 aromatic heterocycles. The van der Waals surface area contributed by atoms with Crippen molar-refractivity contribution in [2.45, 2.75) is 65.3 Å². The Balaban J connectivity index is 3.64. The molecule has 1 atom stereocenters. The fourth-order valence-electron chi connectivity index (χ4n) is 1.49. The van der Waals surface area contributed by atoms with Crippen LogP contribution in [0.25, 0.3) is 0 Å². The summed E-state index contributed by atoms with van der Waals surface area (Å²) in [6.07, 6.45) is 7.50. The Labute approximate surface area is 89.7 Å². The Bertz CT molecular complexity index is 164. The molecule has 0 aliphatic carbocycles. The molecule has 0 radical (unpaired) electrons. The number of rotatable bonds is 8. The van der Waals surface area contributed by atoms with Gasteiger partial charge in [0, 0.05) is 12.5 Å². The summed E-state index contributed by atoms with van der Waals surface area (Å²) in [5.41, 5.74) is 0. The zero-order valence-corrected chi connectivity index (χ0v) is 10.0. The van der Waals surface area contributed by atoms with Crippen LogP contribution in [0.2, 0.25) is 0 Å². The van der Waals surface area contributed by atoms with E-state index >= 15 is 0 Å². The minimum Gasteiger partial charge on any atom is -0.313 e. The number of hydrogen-bond acceptors (Lipinski definition) is 1. The van der Waals surface area contributed by atoms with Crippen LogP contribution < -0.4 is 5.32 Å². The third-order valence-electron chi connectivity index (χ3n) is 2.36. The van der Waals surface area contributed by atoms with Gasteiger partial charge < -0.3 is 5.32 Å². The zero-order chi connectivity index (χ0) is 10.6. The van der Waals surface area contributed by atoms with Crippen LogP contribution in [-0.2, 0) is 0 Å². The molecule has 0 saturated heterocycles. The van der Waals surface area contributed by atoms with Crippen molar-refractivity contribution in [1.82, 2.24) is 5.32 Å². The Morgan fingerprint density at radius 2 is 1.93 bits per heavy atom. The lowest BCUT2D eigenvalue weighted by atomic mass is 10.1. The number of unbranched alkanes of at least 4 members (excludes halogenated alkanes) is 2. The average Bonchev–Trinajstić information content (AvgIpc) is 2.21. The van der Waals surface area contributed by atoms with Gasteiger partial charge in [0.25, 0.3) is 0 Å². The first kappa shape index (κ1) is 13.5. The highest BCUT2D eigenvalue weighted by Gasteiger charge is 2.04. The minimum absolute atomic E-state index is 0.619. The van der Waals surface area contributed by atoms with Crippen molar-refractivity contribution < 1.29 is 0 Å². The Morgan fingerprint density at radius 1 is 1.14 bits per heavy atom. The average molecular weight is 195 g/mol. The maximum absolute atomic E-state index is 3.56. The summed E-state index contributed by atoms with van der Waals surface area (Å²) in [5, 5.41) is 3.56. The van der Waals surface area contributed by atoms with E-state index in [9.17, 15) is 0 Å². The van der Waals surface area contributed by atoms with Gasteiger partial charge in [-0.1, -0.05) is 33.1 Å². The van der Waals surface area contributed by atoms with Gasteiger partial charge in [0.2, 0.25) is 0 Å². The van der Waals surface area contributed by atoms with E-state index in [0.29, 0.717) is 6.04 Å². The first-order valence-electron chi connectivity index (χ1n) is 5.98. The van der Waals surface area contributed by atoms with Crippen LogP contribution in [0.3, 0.4) is 0 Å². The molecule has 0 aliphatic heterocycles. The molecule has 1 nitrogen and oxygen atoms in total. The summed E-state index contributed by atoms with van der Waals surface area (Å²) in [5.74, 6) is 6.15. The highest BCUT2D eigenvalue weighted by Crippen LogP contribution is 2.06. The predicted molar refractivity (Wildman–Crippen MR) is 64.3 cm³/mol. The second kappa shape index (κ2) is 10.6. The molecule has 0 heterocycles. The van der Waals surface area contributed by atoms with Crippen LogP contribution in [0.5, 0.6) is 0 Å². The third-order valence-corrected chi connectivity index (χ3v) is 2.36. The van der Waals surface area contributed by atoms with Crippen LogP contribution in [-0.4, -0.2) is 12.6 Å². The monoisotopic (exact) mass is 195 g/mol. The molecule has 0 saturated carbocycles. The summed E-state index contributed by atoms with van der Waals surface area (Å²) in [4.78, 5) is 0. The van der Waals surface area contributed by atoms with Gasteiger partial charge in [-0.2, -0.15) is 0 Å². The van der Waals surface area contributed by atoms with Crippen LogP contribution in [0.4, 0.5) is 0 Å². The molecule has 1 heteroatoms. The Morgan fingerprint density at radius 3 is 2.50 bits per heavy atom. The molecular weight excluding hydrogens is 170 g/mol. The summed E-state index contributed by atoms with van der Waals surface area (Å²) in [7, 11) is 0. The molecule has 0 spiro atoms. The summed E-state index contributed by atoms with van der Waals surface area (Å²) in [6, 6.07) is 0.619. The normalized spacial score (nSPS) is 11.9. The van der Waals surface area contributed by atoms with Crippen molar-refractivity contribution in [1.29, 1.82) is 0 Å². The minimum atomic E-state index is 0.619. The van der Waals surface area contributed by atoms with Gasteiger partial charge in [-0.25, -0.2) is 0 Å². The van der Waals surface area contributed by atoms with E-state index in [0.717, 1.165) is 13.0 Å². The van der Waals surface area contributed by atoms with E-state index < -0.39 is 0 Å². The highest BCUT2D eigenvalue weighted by atomic mass is 14.9. The van der Waals surface area contributed by atoms with Gasteiger partial charge in [0.15, 0.2) is 0 Å². The van der Waals surface area contributed by atoms with E-state index in [1.165, 1.54) is 32.1 Å². The van der Waals surface area contributed by atoms with Crippen molar-refractivity contribution in [2.24, 2.45) is 0 Å². The van der Waals surface area contributed by atoms with Crippen molar-refractivity contribution in [3.8, 4) is 11.8 Å². The first-order chi connectivity index (χ1) is 6.85. The molecule has 0 rings (SSSR count). The largest absolute Gasteiger partial charge is 0.313 e. The molecule has 0 aromatic carbocycles. The van der Waals surface area contributed by atoms with Crippen LogP contribution >= 0.6 is 0 Å². The van der Waals surface area contributed by atoms with Crippen LogP contribution in [0.1, 0.15) is 59.3 Å². The molecule has 1 unspecified atom stereocenters. The van der Waals surface area contributed by atoms with Crippen molar-refractivity contribution in [3.05, 3.63) is 0 Å². The van der Waals surface area contributed by atoms with Crippen molar-refractivity contribution in [3.63, 3.8) is 0 Å². The summed E-state index contributed by atoms with van der Waals surface area (Å²) < 4.78 is 0. The molecule has 82 valence electrons. The molecule has 0 bridgehead atoms. The maximum atomic E-state index is 3.56. The molecular formula is C13H25N. The lowest BCUT2D eigenvalue weighted by Gasteiger charge is -2.15. The van der Waals surface area contributed by atoms with Gasteiger partial charge in [0.1, 0.15) is 0 Å². The van der Waals surface area contributed by atoms with E-state index in [1.807, 2.05) is 6.92 Å². The van der Waals surface area contributed by atoms with E-state index in [4.69, 9.17) is 0 Å². The van der Waals surface area contributed by atoms with Crippen molar-refractivity contribution >= 4 is 0 Å². The van der Waals surface area contributed by atoms with E-state index in [2.05, 4.69) is 31.0 Å². The topological polar surface area (TPSA) is 12.0 Å². The third kappa shape index (κ3) is 8.13. The standard InChI is InChI=1S/C13H25N/c1-4-7-9-11-13(10-8-5-2)14-12-6-3/h13-14H,4,6-7,9-12H2,1-3H3. The van der Waals surface area contributed by atoms with Crippen molar-refractivity contribution in [2.75, 3.05) is 6.54 Å².